The van der Waals surface area contributed by atoms with Crippen molar-refractivity contribution < 1.29 is 4.74 Å². The Bertz CT molecular complexity index is 644. The highest BCUT2D eigenvalue weighted by atomic mass is 127. The molecule has 24 heavy (non-hydrogen) atoms. The molecule has 0 saturated carbocycles. The maximum Gasteiger partial charge on any atom is 0.191 e. The standard InChI is InChI=1S/C18H25N3OS.HI/c1-13-7-8-15(12-16(13)22-4)9-10-20-18(19-3)21-14(2)17-6-5-11-23-17;/h5-8,11-12,14H,9-10H2,1-4H3,(H2,19,20,21);1H. The molecule has 0 spiro atoms. The van der Waals surface area contributed by atoms with E-state index in [2.05, 4.69) is 65.2 Å². The number of hydrogen-bond acceptors (Lipinski definition) is 3. The van der Waals surface area contributed by atoms with Crippen LogP contribution in [0, 0.1) is 6.92 Å². The number of hydrogen-bond donors (Lipinski definition) is 2. The first-order valence-electron chi connectivity index (χ1n) is 7.78. The van der Waals surface area contributed by atoms with Crippen molar-refractivity contribution in [2.24, 2.45) is 4.99 Å². The van der Waals surface area contributed by atoms with E-state index >= 15 is 0 Å². The van der Waals surface area contributed by atoms with Crippen LogP contribution in [0.15, 0.2) is 40.7 Å². The zero-order chi connectivity index (χ0) is 16.7. The molecule has 1 unspecified atom stereocenters. The lowest BCUT2D eigenvalue weighted by Crippen LogP contribution is -2.39. The van der Waals surface area contributed by atoms with Gasteiger partial charge in [-0.1, -0.05) is 18.2 Å². The second-order valence-corrected chi connectivity index (χ2v) is 6.41. The summed E-state index contributed by atoms with van der Waals surface area (Å²) in [6, 6.07) is 10.8. The number of halogens is 1. The molecule has 2 rings (SSSR count). The first-order valence-corrected chi connectivity index (χ1v) is 8.66. The Morgan fingerprint density at radius 1 is 1.33 bits per heavy atom. The van der Waals surface area contributed by atoms with E-state index in [1.165, 1.54) is 10.4 Å². The van der Waals surface area contributed by atoms with E-state index in [9.17, 15) is 0 Å². The molecule has 0 saturated heterocycles. The van der Waals surface area contributed by atoms with Crippen molar-refractivity contribution in [1.29, 1.82) is 0 Å². The summed E-state index contributed by atoms with van der Waals surface area (Å²) in [7, 11) is 3.51. The van der Waals surface area contributed by atoms with Crippen molar-refractivity contribution in [2.45, 2.75) is 26.3 Å². The highest BCUT2D eigenvalue weighted by Crippen LogP contribution is 2.19. The summed E-state index contributed by atoms with van der Waals surface area (Å²) in [5.41, 5.74) is 2.41. The third-order valence-corrected chi connectivity index (χ3v) is 4.78. The number of benzene rings is 1. The molecule has 1 atom stereocenters. The Balaban J connectivity index is 0.00000288. The fraction of sp³-hybridized carbons (Fsp3) is 0.389. The normalized spacial score (nSPS) is 12.2. The molecule has 0 amide bonds. The van der Waals surface area contributed by atoms with Crippen LogP contribution in [0.3, 0.4) is 0 Å². The number of methoxy groups -OCH3 is 1. The Hall–Kier alpha value is -1.28. The molecule has 2 aromatic rings. The molecule has 0 aliphatic carbocycles. The van der Waals surface area contributed by atoms with Crippen LogP contribution < -0.4 is 15.4 Å². The number of aryl methyl sites for hydroxylation is 1. The molecular weight excluding hydrogens is 433 g/mol. The minimum absolute atomic E-state index is 0. The Morgan fingerprint density at radius 3 is 2.75 bits per heavy atom. The van der Waals surface area contributed by atoms with Gasteiger partial charge in [0.2, 0.25) is 0 Å². The Kier molecular flexibility index (Phi) is 9.13. The molecule has 0 radical (unpaired) electrons. The predicted molar refractivity (Wildman–Crippen MR) is 114 cm³/mol. The van der Waals surface area contributed by atoms with E-state index in [-0.39, 0.29) is 30.0 Å². The van der Waals surface area contributed by atoms with Crippen molar-refractivity contribution >= 4 is 41.3 Å². The van der Waals surface area contributed by atoms with Crippen LogP contribution in [-0.4, -0.2) is 26.7 Å². The summed E-state index contributed by atoms with van der Waals surface area (Å²) >= 11 is 1.75. The van der Waals surface area contributed by atoms with Gasteiger partial charge in [-0.2, -0.15) is 0 Å². The SMILES string of the molecule is CN=C(NCCc1ccc(C)c(OC)c1)NC(C)c1cccs1.I. The zero-order valence-corrected chi connectivity index (χ0v) is 17.8. The van der Waals surface area contributed by atoms with Gasteiger partial charge in [-0.25, -0.2) is 0 Å². The van der Waals surface area contributed by atoms with E-state index in [4.69, 9.17) is 4.74 Å². The number of thiophene rings is 1. The van der Waals surface area contributed by atoms with Gasteiger partial charge < -0.3 is 15.4 Å². The van der Waals surface area contributed by atoms with Crippen LogP contribution in [0.1, 0.15) is 29.0 Å². The van der Waals surface area contributed by atoms with Crippen LogP contribution in [0.25, 0.3) is 0 Å². The molecule has 0 aliphatic rings. The molecule has 1 aromatic heterocycles. The van der Waals surface area contributed by atoms with Crippen molar-refractivity contribution in [3.8, 4) is 5.75 Å². The monoisotopic (exact) mass is 459 g/mol. The molecule has 0 aliphatic heterocycles. The van der Waals surface area contributed by atoms with Gasteiger partial charge in [0.1, 0.15) is 5.75 Å². The average Bonchev–Trinajstić information content (AvgIpc) is 3.09. The molecule has 4 nitrogen and oxygen atoms in total. The summed E-state index contributed by atoms with van der Waals surface area (Å²) in [5, 5.41) is 8.87. The van der Waals surface area contributed by atoms with E-state index in [1.54, 1.807) is 25.5 Å². The average molecular weight is 459 g/mol. The highest BCUT2D eigenvalue weighted by molar-refractivity contribution is 14.0. The number of nitrogens with zero attached hydrogens (tertiary/aromatic N) is 1. The maximum atomic E-state index is 5.37. The zero-order valence-electron chi connectivity index (χ0n) is 14.6. The molecule has 0 bridgehead atoms. The second-order valence-electron chi connectivity index (χ2n) is 5.43. The Labute approximate surface area is 165 Å². The van der Waals surface area contributed by atoms with Gasteiger partial charge in [-0.3, -0.25) is 4.99 Å². The molecule has 6 heteroatoms. The van der Waals surface area contributed by atoms with E-state index in [0.717, 1.165) is 30.2 Å². The first-order chi connectivity index (χ1) is 11.1. The van der Waals surface area contributed by atoms with E-state index < -0.39 is 0 Å². The third kappa shape index (κ3) is 5.98. The van der Waals surface area contributed by atoms with Gasteiger partial charge in [0.15, 0.2) is 5.96 Å². The molecular formula is C18H26IN3OS. The van der Waals surface area contributed by atoms with Crippen molar-refractivity contribution in [1.82, 2.24) is 10.6 Å². The summed E-state index contributed by atoms with van der Waals surface area (Å²) in [4.78, 5) is 5.59. The summed E-state index contributed by atoms with van der Waals surface area (Å²) in [6.07, 6.45) is 0.921. The molecule has 132 valence electrons. The van der Waals surface area contributed by atoms with Gasteiger partial charge in [0.05, 0.1) is 13.2 Å². The lowest BCUT2D eigenvalue weighted by Gasteiger charge is -2.17. The second kappa shape index (κ2) is 10.6. The lowest BCUT2D eigenvalue weighted by molar-refractivity contribution is 0.411. The predicted octanol–water partition coefficient (Wildman–Crippen LogP) is 4.15. The van der Waals surface area contributed by atoms with E-state index in [0.29, 0.717) is 0 Å². The smallest absolute Gasteiger partial charge is 0.191 e. The quantitative estimate of drug-likeness (QED) is 0.388. The molecule has 1 aromatic carbocycles. The van der Waals surface area contributed by atoms with Crippen molar-refractivity contribution in [2.75, 3.05) is 20.7 Å². The number of guanidine groups is 1. The van der Waals surface area contributed by atoms with Crippen molar-refractivity contribution in [3.05, 3.63) is 51.7 Å². The fourth-order valence-corrected chi connectivity index (χ4v) is 3.09. The van der Waals surface area contributed by atoms with Gasteiger partial charge in [-0.15, -0.1) is 35.3 Å². The molecule has 1 heterocycles. The third-order valence-electron chi connectivity index (χ3n) is 3.73. The summed E-state index contributed by atoms with van der Waals surface area (Å²) in [5.74, 6) is 1.77. The van der Waals surface area contributed by atoms with Crippen LogP contribution in [0.2, 0.25) is 0 Å². The Morgan fingerprint density at radius 2 is 2.12 bits per heavy atom. The largest absolute Gasteiger partial charge is 0.496 e. The molecule has 2 N–H and O–H groups in total. The van der Waals surface area contributed by atoms with Gasteiger partial charge in [0.25, 0.3) is 0 Å². The first kappa shape index (κ1) is 20.8. The fourth-order valence-electron chi connectivity index (χ4n) is 2.35. The van der Waals surface area contributed by atoms with E-state index in [1.807, 2.05) is 0 Å². The lowest BCUT2D eigenvalue weighted by atomic mass is 10.1. The number of ether oxygens (including phenoxy) is 1. The van der Waals surface area contributed by atoms with Crippen LogP contribution >= 0.6 is 35.3 Å². The molecule has 0 fully saturated rings. The minimum Gasteiger partial charge on any atom is -0.496 e. The van der Waals surface area contributed by atoms with Crippen LogP contribution in [-0.2, 0) is 6.42 Å². The summed E-state index contributed by atoms with van der Waals surface area (Å²) < 4.78 is 5.37. The number of nitrogens with one attached hydrogen (secondary N) is 2. The van der Waals surface area contributed by atoms with Crippen molar-refractivity contribution in [3.63, 3.8) is 0 Å². The number of rotatable bonds is 6. The minimum atomic E-state index is 0. The van der Waals surface area contributed by atoms with Gasteiger partial charge >= 0.3 is 0 Å². The maximum absolute atomic E-state index is 5.37. The summed E-state index contributed by atoms with van der Waals surface area (Å²) in [6.45, 7) is 5.02. The van der Waals surface area contributed by atoms with Gasteiger partial charge in [-0.05, 0) is 48.9 Å². The van der Waals surface area contributed by atoms with Crippen LogP contribution in [0.5, 0.6) is 5.75 Å². The van der Waals surface area contributed by atoms with Gasteiger partial charge in [0, 0.05) is 18.5 Å². The van der Waals surface area contributed by atoms with Crippen LogP contribution in [0.4, 0.5) is 0 Å². The highest BCUT2D eigenvalue weighted by Gasteiger charge is 2.08. The topological polar surface area (TPSA) is 45.7 Å². The number of aliphatic imine (C=N–C) groups is 1.